The van der Waals surface area contributed by atoms with Gasteiger partial charge in [0.05, 0.1) is 11.1 Å². The molecule has 7 nitrogen and oxygen atoms in total. The Balaban J connectivity index is 3.10. The number of carboxylic acids is 2. The van der Waals surface area contributed by atoms with Gasteiger partial charge in [0.1, 0.15) is 0 Å². The Labute approximate surface area is 109 Å². The zero-order valence-corrected chi connectivity index (χ0v) is 10.2. The fourth-order valence-corrected chi connectivity index (χ4v) is 1.32. The number of benzene rings is 1. The van der Waals surface area contributed by atoms with Crippen LogP contribution in [0, 0.1) is 5.92 Å². The Hall–Kier alpha value is -2.41. The van der Waals surface area contributed by atoms with E-state index < -0.39 is 23.8 Å². The fourth-order valence-electron chi connectivity index (χ4n) is 1.32. The molecule has 7 heteroatoms. The molecule has 0 saturated heterocycles. The van der Waals surface area contributed by atoms with Crippen LogP contribution in [0.2, 0.25) is 0 Å². The van der Waals surface area contributed by atoms with E-state index in [0.29, 0.717) is 0 Å². The van der Waals surface area contributed by atoms with E-state index in [1.54, 1.807) is 6.92 Å². The first-order chi connectivity index (χ1) is 8.85. The monoisotopic (exact) mass is 266 g/mol. The number of hydrogen-bond donors (Lipinski definition) is 4. The SMILES string of the molecule is CC(CN)C(=O)Nc1cc(C(=O)O)cc(C(=O)O)c1. The lowest BCUT2D eigenvalue weighted by Crippen LogP contribution is -2.26. The molecule has 1 aromatic rings. The summed E-state index contributed by atoms with van der Waals surface area (Å²) >= 11 is 0. The molecule has 1 rings (SSSR count). The van der Waals surface area contributed by atoms with Crippen molar-refractivity contribution in [3.63, 3.8) is 0 Å². The Bertz CT molecular complexity index is 495. The van der Waals surface area contributed by atoms with E-state index in [-0.39, 0.29) is 23.4 Å². The first kappa shape index (κ1) is 14.7. The van der Waals surface area contributed by atoms with Gasteiger partial charge in [0.25, 0.3) is 0 Å². The zero-order valence-electron chi connectivity index (χ0n) is 10.2. The standard InChI is InChI=1S/C12H14N2O5/c1-6(5-13)10(15)14-9-3-7(11(16)17)2-8(4-9)12(18)19/h2-4,6H,5,13H2,1H3,(H,14,15)(H,16,17)(H,18,19). The lowest BCUT2D eigenvalue weighted by Gasteiger charge is -2.11. The van der Waals surface area contributed by atoms with E-state index >= 15 is 0 Å². The molecule has 0 fully saturated rings. The highest BCUT2D eigenvalue weighted by Crippen LogP contribution is 2.16. The van der Waals surface area contributed by atoms with E-state index in [1.807, 2.05) is 0 Å². The van der Waals surface area contributed by atoms with Gasteiger partial charge >= 0.3 is 11.9 Å². The highest BCUT2D eigenvalue weighted by molar-refractivity contribution is 5.98. The van der Waals surface area contributed by atoms with Crippen LogP contribution >= 0.6 is 0 Å². The van der Waals surface area contributed by atoms with Crippen molar-refractivity contribution in [2.45, 2.75) is 6.92 Å². The minimum atomic E-state index is -1.27. The van der Waals surface area contributed by atoms with E-state index in [9.17, 15) is 14.4 Å². The highest BCUT2D eigenvalue weighted by Gasteiger charge is 2.15. The second kappa shape index (κ2) is 5.96. The van der Waals surface area contributed by atoms with Crippen molar-refractivity contribution >= 4 is 23.5 Å². The summed E-state index contributed by atoms with van der Waals surface area (Å²) in [7, 11) is 0. The minimum absolute atomic E-state index is 0.114. The lowest BCUT2D eigenvalue weighted by molar-refractivity contribution is -0.119. The third kappa shape index (κ3) is 3.78. The topological polar surface area (TPSA) is 130 Å². The van der Waals surface area contributed by atoms with Gasteiger partial charge < -0.3 is 21.3 Å². The number of rotatable bonds is 5. The maximum Gasteiger partial charge on any atom is 0.335 e. The van der Waals surface area contributed by atoms with Crippen LogP contribution in [-0.2, 0) is 4.79 Å². The molecule has 0 aliphatic heterocycles. The van der Waals surface area contributed by atoms with Crippen LogP contribution < -0.4 is 11.1 Å². The van der Waals surface area contributed by atoms with Crippen molar-refractivity contribution in [3.05, 3.63) is 29.3 Å². The first-order valence-corrected chi connectivity index (χ1v) is 5.47. The molecular weight excluding hydrogens is 252 g/mol. The third-order valence-corrected chi connectivity index (χ3v) is 2.50. The number of aromatic carboxylic acids is 2. The predicted octanol–water partition coefficient (Wildman–Crippen LogP) is 0.616. The van der Waals surface area contributed by atoms with Crippen molar-refractivity contribution in [2.24, 2.45) is 11.7 Å². The van der Waals surface area contributed by atoms with Crippen LogP contribution in [-0.4, -0.2) is 34.6 Å². The van der Waals surface area contributed by atoms with Gasteiger partial charge in [-0.2, -0.15) is 0 Å². The smallest absolute Gasteiger partial charge is 0.335 e. The van der Waals surface area contributed by atoms with Crippen LogP contribution in [0.15, 0.2) is 18.2 Å². The van der Waals surface area contributed by atoms with Gasteiger partial charge in [-0.1, -0.05) is 6.92 Å². The molecule has 0 radical (unpaired) electrons. The quantitative estimate of drug-likeness (QED) is 0.618. The van der Waals surface area contributed by atoms with Crippen molar-refractivity contribution in [3.8, 4) is 0 Å². The summed E-state index contributed by atoms with van der Waals surface area (Å²) in [4.78, 5) is 33.4. The molecule has 0 aliphatic rings. The number of carboxylic acid groups (broad SMARTS) is 2. The van der Waals surface area contributed by atoms with Crippen LogP contribution in [0.4, 0.5) is 5.69 Å². The van der Waals surface area contributed by atoms with E-state index in [2.05, 4.69) is 5.32 Å². The van der Waals surface area contributed by atoms with E-state index in [0.717, 1.165) is 6.07 Å². The highest BCUT2D eigenvalue weighted by atomic mass is 16.4. The molecule has 0 bridgehead atoms. The van der Waals surface area contributed by atoms with Gasteiger partial charge in [0.15, 0.2) is 0 Å². The predicted molar refractivity (Wildman–Crippen MR) is 67.2 cm³/mol. The van der Waals surface area contributed by atoms with Gasteiger partial charge in [-0.05, 0) is 18.2 Å². The number of amides is 1. The molecule has 102 valence electrons. The van der Waals surface area contributed by atoms with Gasteiger partial charge in [-0.3, -0.25) is 4.79 Å². The minimum Gasteiger partial charge on any atom is -0.478 e. The molecule has 1 atom stereocenters. The van der Waals surface area contributed by atoms with Gasteiger partial charge in [0.2, 0.25) is 5.91 Å². The number of nitrogens with one attached hydrogen (secondary N) is 1. The van der Waals surface area contributed by atoms with Gasteiger partial charge in [-0.25, -0.2) is 9.59 Å². The summed E-state index contributed by atoms with van der Waals surface area (Å²) in [5.41, 5.74) is 5.02. The average Bonchev–Trinajstić information content (AvgIpc) is 2.37. The molecule has 5 N–H and O–H groups in total. The number of nitrogens with two attached hydrogens (primary N) is 1. The van der Waals surface area contributed by atoms with Crippen LogP contribution in [0.25, 0.3) is 0 Å². The van der Waals surface area contributed by atoms with E-state index in [1.165, 1.54) is 12.1 Å². The van der Waals surface area contributed by atoms with Crippen molar-refractivity contribution in [1.29, 1.82) is 0 Å². The van der Waals surface area contributed by atoms with Crippen molar-refractivity contribution < 1.29 is 24.6 Å². The van der Waals surface area contributed by atoms with Crippen molar-refractivity contribution in [2.75, 3.05) is 11.9 Å². The molecule has 1 amide bonds. The normalized spacial score (nSPS) is 11.7. The number of carbonyl (C=O) groups is 3. The molecule has 0 spiro atoms. The second-order valence-electron chi connectivity index (χ2n) is 4.04. The number of hydrogen-bond acceptors (Lipinski definition) is 4. The largest absolute Gasteiger partial charge is 0.478 e. The summed E-state index contributed by atoms with van der Waals surface area (Å²) in [5, 5.41) is 20.2. The Morgan fingerprint density at radius 3 is 2.00 bits per heavy atom. The molecule has 0 saturated carbocycles. The van der Waals surface area contributed by atoms with Gasteiger partial charge in [-0.15, -0.1) is 0 Å². The maximum absolute atomic E-state index is 11.6. The second-order valence-corrected chi connectivity index (χ2v) is 4.04. The van der Waals surface area contributed by atoms with Crippen molar-refractivity contribution in [1.82, 2.24) is 0 Å². The fraction of sp³-hybridized carbons (Fsp3) is 0.250. The Morgan fingerprint density at radius 1 is 1.16 bits per heavy atom. The molecule has 0 aliphatic carbocycles. The van der Waals surface area contributed by atoms with E-state index in [4.69, 9.17) is 15.9 Å². The molecular formula is C12H14N2O5. The maximum atomic E-state index is 11.6. The molecule has 1 unspecified atom stereocenters. The molecule has 0 heterocycles. The Kier molecular flexibility index (Phi) is 4.60. The third-order valence-electron chi connectivity index (χ3n) is 2.50. The molecule has 19 heavy (non-hydrogen) atoms. The summed E-state index contributed by atoms with van der Waals surface area (Å²) in [6.07, 6.45) is 0. The summed E-state index contributed by atoms with van der Waals surface area (Å²) in [6, 6.07) is 3.40. The number of anilines is 1. The summed E-state index contributed by atoms with van der Waals surface area (Å²) in [5.74, 6) is -3.40. The Morgan fingerprint density at radius 2 is 1.63 bits per heavy atom. The average molecular weight is 266 g/mol. The molecule has 0 aromatic heterocycles. The summed E-state index contributed by atoms with van der Waals surface area (Å²) in [6.45, 7) is 1.74. The van der Waals surface area contributed by atoms with Crippen LogP contribution in [0.5, 0.6) is 0 Å². The van der Waals surface area contributed by atoms with Crippen LogP contribution in [0.3, 0.4) is 0 Å². The first-order valence-electron chi connectivity index (χ1n) is 5.47. The van der Waals surface area contributed by atoms with Crippen LogP contribution in [0.1, 0.15) is 27.6 Å². The lowest BCUT2D eigenvalue weighted by atomic mass is 10.1. The summed E-state index contributed by atoms with van der Waals surface area (Å²) < 4.78 is 0. The molecule has 1 aromatic carbocycles. The van der Waals surface area contributed by atoms with Gasteiger partial charge in [0, 0.05) is 18.2 Å². The number of carbonyl (C=O) groups excluding carboxylic acids is 1. The zero-order chi connectivity index (χ0) is 14.6.